The molecule has 1 heterocycles. The summed E-state index contributed by atoms with van der Waals surface area (Å²) in [5, 5.41) is 4.20. The topological polar surface area (TPSA) is 57.0 Å². The number of carbonyl (C=O) groups is 1. The molecule has 1 unspecified atom stereocenters. The summed E-state index contributed by atoms with van der Waals surface area (Å²) < 4.78 is 6.70. The van der Waals surface area contributed by atoms with Gasteiger partial charge in [0, 0.05) is 13.0 Å². The maximum atomic E-state index is 11.7. The SMILES string of the molecule is CCOC(=O)c1nc(C2CCCCC2(C)C)n(C)n1. The lowest BCUT2D eigenvalue weighted by Gasteiger charge is -2.37. The van der Waals surface area contributed by atoms with E-state index in [1.165, 1.54) is 19.3 Å². The minimum atomic E-state index is -0.432. The van der Waals surface area contributed by atoms with Gasteiger partial charge in [0.15, 0.2) is 0 Å². The highest BCUT2D eigenvalue weighted by Gasteiger charge is 2.36. The molecule has 5 heteroatoms. The van der Waals surface area contributed by atoms with Gasteiger partial charge in [0.05, 0.1) is 6.61 Å². The zero-order chi connectivity index (χ0) is 14.0. The monoisotopic (exact) mass is 265 g/mol. The first-order valence-electron chi connectivity index (χ1n) is 7.03. The summed E-state index contributed by atoms with van der Waals surface area (Å²) in [6.45, 7) is 6.68. The van der Waals surface area contributed by atoms with Crippen molar-refractivity contribution < 1.29 is 9.53 Å². The number of aryl methyl sites for hydroxylation is 1. The van der Waals surface area contributed by atoms with E-state index in [9.17, 15) is 4.79 Å². The van der Waals surface area contributed by atoms with E-state index in [-0.39, 0.29) is 11.2 Å². The molecule has 5 nitrogen and oxygen atoms in total. The van der Waals surface area contributed by atoms with Crippen molar-refractivity contribution in [3.63, 3.8) is 0 Å². The van der Waals surface area contributed by atoms with Gasteiger partial charge in [-0.25, -0.2) is 9.78 Å². The molecule has 19 heavy (non-hydrogen) atoms. The van der Waals surface area contributed by atoms with Gasteiger partial charge < -0.3 is 4.74 Å². The molecule has 0 aromatic carbocycles. The van der Waals surface area contributed by atoms with Gasteiger partial charge in [-0.1, -0.05) is 26.7 Å². The van der Waals surface area contributed by atoms with Gasteiger partial charge in [0.2, 0.25) is 0 Å². The van der Waals surface area contributed by atoms with Crippen LogP contribution in [-0.2, 0) is 11.8 Å². The van der Waals surface area contributed by atoms with Crippen LogP contribution in [0.4, 0.5) is 0 Å². The number of hydrogen-bond donors (Lipinski definition) is 0. The molecule has 1 saturated carbocycles. The van der Waals surface area contributed by atoms with Crippen LogP contribution in [0, 0.1) is 5.41 Å². The molecule has 1 aromatic rings. The molecule has 0 bridgehead atoms. The van der Waals surface area contributed by atoms with Gasteiger partial charge in [-0.15, -0.1) is 5.10 Å². The van der Waals surface area contributed by atoms with E-state index in [0.29, 0.717) is 12.5 Å². The fraction of sp³-hybridized carbons (Fsp3) is 0.786. The van der Waals surface area contributed by atoms with Crippen molar-refractivity contribution >= 4 is 5.97 Å². The molecule has 1 aliphatic carbocycles. The molecular weight excluding hydrogens is 242 g/mol. The molecule has 0 amide bonds. The van der Waals surface area contributed by atoms with Gasteiger partial charge in [-0.05, 0) is 25.2 Å². The quantitative estimate of drug-likeness (QED) is 0.788. The highest BCUT2D eigenvalue weighted by Crippen LogP contribution is 2.45. The normalized spacial score (nSPS) is 22.2. The Bertz CT molecular complexity index is 465. The number of aromatic nitrogens is 3. The van der Waals surface area contributed by atoms with E-state index in [1.54, 1.807) is 11.6 Å². The van der Waals surface area contributed by atoms with Crippen molar-refractivity contribution in [3.05, 3.63) is 11.6 Å². The van der Waals surface area contributed by atoms with E-state index in [2.05, 4.69) is 23.9 Å². The van der Waals surface area contributed by atoms with Crippen molar-refractivity contribution in [2.24, 2.45) is 12.5 Å². The zero-order valence-electron chi connectivity index (χ0n) is 12.3. The second-order valence-corrected chi connectivity index (χ2v) is 5.92. The van der Waals surface area contributed by atoms with E-state index in [1.807, 2.05) is 7.05 Å². The average Bonchev–Trinajstić information content (AvgIpc) is 2.71. The molecule has 0 saturated heterocycles. The van der Waals surface area contributed by atoms with E-state index in [0.717, 1.165) is 12.2 Å². The standard InChI is InChI=1S/C14H23N3O2/c1-5-19-13(18)11-15-12(17(4)16-11)10-8-6-7-9-14(10,2)3/h10H,5-9H2,1-4H3. The summed E-state index contributed by atoms with van der Waals surface area (Å²) in [6.07, 6.45) is 4.79. The highest BCUT2D eigenvalue weighted by molar-refractivity contribution is 5.85. The summed E-state index contributed by atoms with van der Waals surface area (Å²) in [6, 6.07) is 0. The number of nitrogens with zero attached hydrogens (tertiary/aromatic N) is 3. The number of carbonyl (C=O) groups excluding carboxylic acids is 1. The summed E-state index contributed by atoms with van der Waals surface area (Å²) in [7, 11) is 1.86. The summed E-state index contributed by atoms with van der Waals surface area (Å²) >= 11 is 0. The Morgan fingerprint density at radius 2 is 2.21 bits per heavy atom. The lowest BCUT2D eigenvalue weighted by Crippen LogP contribution is -2.28. The largest absolute Gasteiger partial charge is 0.460 e. The van der Waals surface area contributed by atoms with Crippen molar-refractivity contribution in [2.75, 3.05) is 6.61 Å². The molecule has 1 aliphatic rings. The van der Waals surface area contributed by atoms with Gasteiger partial charge in [0.1, 0.15) is 5.82 Å². The summed E-state index contributed by atoms with van der Waals surface area (Å²) in [5.74, 6) is 1.02. The highest BCUT2D eigenvalue weighted by atomic mass is 16.5. The summed E-state index contributed by atoms with van der Waals surface area (Å²) in [5.41, 5.74) is 0.213. The van der Waals surface area contributed by atoms with Crippen LogP contribution in [0.2, 0.25) is 0 Å². The fourth-order valence-corrected chi connectivity index (χ4v) is 2.95. The van der Waals surface area contributed by atoms with E-state index < -0.39 is 5.97 Å². The van der Waals surface area contributed by atoms with Crippen LogP contribution in [0.25, 0.3) is 0 Å². The van der Waals surface area contributed by atoms with Crippen LogP contribution in [0.15, 0.2) is 0 Å². The van der Waals surface area contributed by atoms with Crippen molar-refractivity contribution in [3.8, 4) is 0 Å². The third-order valence-corrected chi connectivity index (χ3v) is 4.07. The minimum Gasteiger partial charge on any atom is -0.460 e. The van der Waals surface area contributed by atoms with Crippen LogP contribution in [-0.4, -0.2) is 27.3 Å². The number of rotatable bonds is 3. The molecule has 0 spiro atoms. The maximum absolute atomic E-state index is 11.7. The molecule has 1 fully saturated rings. The number of esters is 1. The molecule has 2 rings (SSSR count). The van der Waals surface area contributed by atoms with Crippen LogP contribution >= 0.6 is 0 Å². The smallest absolute Gasteiger partial charge is 0.378 e. The Kier molecular flexibility index (Phi) is 3.92. The third kappa shape index (κ3) is 2.80. The average molecular weight is 265 g/mol. The predicted molar refractivity (Wildman–Crippen MR) is 71.9 cm³/mol. The lowest BCUT2D eigenvalue weighted by molar-refractivity contribution is 0.0511. The first-order chi connectivity index (χ1) is 8.95. The zero-order valence-corrected chi connectivity index (χ0v) is 12.3. The number of ether oxygens (including phenoxy) is 1. The molecular formula is C14H23N3O2. The van der Waals surface area contributed by atoms with Crippen LogP contribution < -0.4 is 0 Å². The fourth-order valence-electron chi connectivity index (χ4n) is 2.95. The van der Waals surface area contributed by atoms with E-state index >= 15 is 0 Å². The Morgan fingerprint density at radius 3 is 2.84 bits per heavy atom. The number of hydrogen-bond acceptors (Lipinski definition) is 4. The van der Waals surface area contributed by atoms with Crippen LogP contribution in [0.1, 0.15) is 68.8 Å². The van der Waals surface area contributed by atoms with Crippen molar-refractivity contribution in [1.82, 2.24) is 14.8 Å². The Labute approximate surface area is 114 Å². The van der Waals surface area contributed by atoms with Crippen LogP contribution in [0.3, 0.4) is 0 Å². The van der Waals surface area contributed by atoms with Crippen LogP contribution in [0.5, 0.6) is 0 Å². The third-order valence-electron chi connectivity index (χ3n) is 4.07. The van der Waals surface area contributed by atoms with Crippen molar-refractivity contribution in [2.45, 2.75) is 52.4 Å². The molecule has 0 aliphatic heterocycles. The second kappa shape index (κ2) is 5.31. The Morgan fingerprint density at radius 1 is 1.47 bits per heavy atom. The second-order valence-electron chi connectivity index (χ2n) is 5.92. The predicted octanol–water partition coefficient (Wildman–Crippen LogP) is 2.68. The molecule has 106 valence electrons. The molecule has 1 aromatic heterocycles. The molecule has 1 atom stereocenters. The molecule has 0 N–H and O–H groups in total. The first-order valence-corrected chi connectivity index (χ1v) is 7.03. The maximum Gasteiger partial charge on any atom is 0.378 e. The summed E-state index contributed by atoms with van der Waals surface area (Å²) in [4.78, 5) is 16.1. The Hall–Kier alpha value is -1.39. The molecule has 0 radical (unpaired) electrons. The first kappa shape index (κ1) is 14.0. The Balaban J connectivity index is 2.27. The van der Waals surface area contributed by atoms with Gasteiger partial charge in [-0.2, -0.15) is 0 Å². The van der Waals surface area contributed by atoms with Gasteiger partial charge >= 0.3 is 5.97 Å². The van der Waals surface area contributed by atoms with Gasteiger partial charge in [0.25, 0.3) is 5.82 Å². The van der Waals surface area contributed by atoms with Gasteiger partial charge in [-0.3, -0.25) is 4.68 Å². The van der Waals surface area contributed by atoms with E-state index in [4.69, 9.17) is 4.74 Å². The lowest BCUT2D eigenvalue weighted by atomic mass is 9.68. The van der Waals surface area contributed by atoms with Crippen molar-refractivity contribution in [1.29, 1.82) is 0 Å². The minimum absolute atomic E-state index is 0.181.